The predicted octanol–water partition coefficient (Wildman–Crippen LogP) is 2.50. The maximum Gasteiger partial charge on any atom is 0.0598 e. The second-order valence-electron chi connectivity index (χ2n) is 4.66. The van der Waals surface area contributed by atoms with Crippen LogP contribution in [0, 0.1) is 12.3 Å². The lowest BCUT2D eigenvalue weighted by Crippen LogP contribution is -2.43. The van der Waals surface area contributed by atoms with Gasteiger partial charge >= 0.3 is 0 Å². The van der Waals surface area contributed by atoms with Crippen LogP contribution in [-0.4, -0.2) is 30.6 Å². The third-order valence-electron chi connectivity index (χ3n) is 3.36. The summed E-state index contributed by atoms with van der Waals surface area (Å²) < 4.78 is 0. The van der Waals surface area contributed by atoms with Crippen molar-refractivity contribution in [2.24, 2.45) is 0 Å². The third-order valence-corrected chi connectivity index (χ3v) is 4.41. The van der Waals surface area contributed by atoms with Crippen molar-refractivity contribution in [3.63, 3.8) is 0 Å². The average Bonchev–Trinajstić information content (AvgIpc) is 2.86. The van der Waals surface area contributed by atoms with Gasteiger partial charge in [-0.15, -0.1) is 17.8 Å². The normalized spacial score (nSPS) is 20.0. The summed E-state index contributed by atoms with van der Waals surface area (Å²) in [7, 11) is 0. The van der Waals surface area contributed by atoms with Crippen LogP contribution in [0.3, 0.4) is 0 Å². The monoisotopic (exact) mass is 248 g/mol. The molecule has 2 rings (SSSR count). The van der Waals surface area contributed by atoms with Crippen molar-refractivity contribution in [1.82, 2.24) is 10.2 Å². The number of hydrogen-bond acceptors (Lipinski definition) is 3. The molecule has 0 saturated carbocycles. The quantitative estimate of drug-likeness (QED) is 0.824. The minimum atomic E-state index is 0.471. The van der Waals surface area contributed by atoms with E-state index in [1.54, 1.807) is 0 Å². The first-order chi connectivity index (χ1) is 8.29. The van der Waals surface area contributed by atoms with Crippen molar-refractivity contribution in [1.29, 1.82) is 0 Å². The van der Waals surface area contributed by atoms with Gasteiger partial charge in [0.05, 0.1) is 6.54 Å². The molecule has 0 radical (unpaired) electrons. The maximum atomic E-state index is 5.33. The summed E-state index contributed by atoms with van der Waals surface area (Å²) in [6.45, 7) is 5.30. The molecule has 0 aromatic carbocycles. The molecule has 1 aromatic rings. The molecule has 17 heavy (non-hydrogen) atoms. The fourth-order valence-electron chi connectivity index (χ4n) is 2.36. The largest absolute Gasteiger partial charge is 0.307 e. The molecule has 0 aliphatic carbocycles. The Kier molecular flexibility index (Phi) is 4.61. The number of piperidine rings is 1. The van der Waals surface area contributed by atoms with Crippen LogP contribution >= 0.6 is 11.3 Å². The molecule has 1 aliphatic rings. The highest BCUT2D eigenvalue weighted by molar-refractivity contribution is 7.10. The Morgan fingerprint density at radius 3 is 2.94 bits per heavy atom. The Hall–Kier alpha value is -0.820. The number of hydrogen-bond donors (Lipinski definition) is 1. The van der Waals surface area contributed by atoms with Gasteiger partial charge in [-0.2, -0.15) is 0 Å². The number of terminal acetylenes is 1. The van der Waals surface area contributed by atoms with Crippen LogP contribution < -0.4 is 5.32 Å². The Bertz CT molecular complexity index is 358. The highest BCUT2D eigenvalue weighted by Gasteiger charge is 2.20. The van der Waals surface area contributed by atoms with E-state index in [9.17, 15) is 0 Å². The lowest BCUT2D eigenvalue weighted by molar-refractivity contribution is 0.211. The van der Waals surface area contributed by atoms with Crippen LogP contribution in [0.2, 0.25) is 0 Å². The molecule has 0 spiro atoms. The molecule has 2 heterocycles. The number of nitrogens with one attached hydrogen (secondary N) is 1. The molecule has 1 fully saturated rings. The van der Waals surface area contributed by atoms with E-state index in [-0.39, 0.29) is 0 Å². The van der Waals surface area contributed by atoms with E-state index in [0.717, 1.165) is 19.6 Å². The third kappa shape index (κ3) is 3.57. The van der Waals surface area contributed by atoms with E-state index in [0.29, 0.717) is 12.1 Å². The van der Waals surface area contributed by atoms with Crippen molar-refractivity contribution < 1.29 is 0 Å². The summed E-state index contributed by atoms with van der Waals surface area (Å²) in [5.41, 5.74) is 0. The number of likely N-dealkylation sites (tertiary alicyclic amines) is 1. The van der Waals surface area contributed by atoms with Crippen LogP contribution in [0.25, 0.3) is 0 Å². The van der Waals surface area contributed by atoms with Gasteiger partial charge in [0.25, 0.3) is 0 Å². The van der Waals surface area contributed by atoms with Gasteiger partial charge in [0.15, 0.2) is 0 Å². The highest BCUT2D eigenvalue weighted by Crippen LogP contribution is 2.21. The van der Waals surface area contributed by atoms with Gasteiger partial charge in [0.2, 0.25) is 0 Å². The Labute approximate surface area is 108 Å². The fraction of sp³-hybridized carbons (Fsp3) is 0.571. The maximum absolute atomic E-state index is 5.33. The van der Waals surface area contributed by atoms with Gasteiger partial charge in [-0.25, -0.2) is 0 Å². The zero-order valence-corrected chi connectivity index (χ0v) is 11.2. The summed E-state index contributed by atoms with van der Waals surface area (Å²) in [5, 5.41) is 5.86. The van der Waals surface area contributed by atoms with Crippen molar-refractivity contribution in [3.05, 3.63) is 22.4 Å². The van der Waals surface area contributed by atoms with Gasteiger partial charge in [-0.1, -0.05) is 12.0 Å². The number of nitrogens with zero attached hydrogens (tertiary/aromatic N) is 1. The van der Waals surface area contributed by atoms with E-state index >= 15 is 0 Å². The lowest BCUT2D eigenvalue weighted by atomic mass is 10.0. The molecular formula is C14H20N2S. The average molecular weight is 248 g/mol. The minimum absolute atomic E-state index is 0.471. The van der Waals surface area contributed by atoms with Crippen LogP contribution in [0.4, 0.5) is 0 Å². The van der Waals surface area contributed by atoms with Crippen LogP contribution in [0.1, 0.15) is 30.7 Å². The van der Waals surface area contributed by atoms with Gasteiger partial charge < -0.3 is 5.32 Å². The first-order valence-electron chi connectivity index (χ1n) is 6.25. The number of thiophene rings is 1. The van der Waals surface area contributed by atoms with Gasteiger partial charge in [-0.05, 0) is 31.2 Å². The van der Waals surface area contributed by atoms with Crippen molar-refractivity contribution in [2.75, 3.05) is 19.6 Å². The number of rotatable bonds is 4. The zero-order valence-electron chi connectivity index (χ0n) is 10.4. The van der Waals surface area contributed by atoms with Gasteiger partial charge in [0, 0.05) is 30.1 Å². The summed E-state index contributed by atoms with van der Waals surface area (Å²) in [4.78, 5) is 3.78. The molecule has 1 atom stereocenters. The summed E-state index contributed by atoms with van der Waals surface area (Å²) in [5.74, 6) is 2.72. The van der Waals surface area contributed by atoms with E-state index in [4.69, 9.17) is 6.42 Å². The van der Waals surface area contributed by atoms with Crippen molar-refractivity contribution in [3.8, 4) is 12.3 Å². The first kappa shape index (κ1) is 12.6. The van der Waals surface area contributed by atoms with Crippen LogP contribution in [0.5, 0.6) is 0 Å². The highest BCUT2D eigenvalue weighted by atomic mass is 32.1. The smallest absolute Gasteiger partial charge is 0.0598 e. The first-order valence-corrected chi connectivity index (χ1v) is 7.13. The SMILES string of the molecule is C#CCN1CCC(NC(C)c2cccs2)CC1. The second-order valence-corrected chi connectivity index (χ2v) is 5.64. The molecule has 1 N–H and O–H groups in total. The topological polar surface area (TPSA) is 15.3 Å². The Morgan fingerprint density at radius 2 is 2.35 bits per heavy atom. The molecule has 0 amide bonds. The van der Waals surface area contributed by atoms with E-state index < -0.39 is 0 Å². The van der Waals surface area contributed by atoms with Crippen LogP contribution in [0.15, 0.2) is 17.5 Å². The van der Waals surface area contributed by atoms with Gasteiger partial charge in [-0.3, -0.25) is 4.90 Å². The lowest BCUT2D eigenvalue weighted by Gasteiger charge is -2.32. The second kappa shape index (κ2) is 6.20. The molecule has 1 aliphatic heterocycles. The molecular weight excluding hydrogens is 228 g/mol. The van der Waals surface area contributed by atoms with E-state index in [1.165, 1.54) is 17.7 Å². The Balaban J connectivity index is 1.77. The standard InChI is InChI=1S/C14H20N2S/c1-3-8-16-9-6-13(7-10-16)15-12(2)14-5-4-11-17-14/h1,4-5,11-13,15H,6-10H2,2H3. The molecule has 92 valence electrons. The summed E-state index contributed by atoms with van der Waals surface area (Å²) >= 11 is 1.83. The minimum Gasteiger partial charge on any atom is -0.307 e. The molecule has 1 saturated heterocycles. The van der Waals surface area contributed by atoms with Crippen molar-refractivity contribution >= 4 is 11.3 Å². The molecule has 3 heteroatoms. The molecule has 1 aromatic heterocycles. The summed E-state index contributed by atoms with van der Waals surface area (Å²) in [6.07, 6.45) is 7.74. The molecule has 0 bridgehead atoms. The van der Waals surface area contributed by atoms with E-state index in [2.05, 4.69) is 40.6 Å². The molecule has 1 unspecified atom stereocenters. The van der Waals surface area contributed by atoms with Crippen LogP contribution in [-0.2, 0) is 0 Å². The van der Waals surface area contributed by atoms with Crippen molar-refractivity contribution in [2.45, 2.75) is 31.8 Å². The van der Waals surface area contributed by atoms with Gasteiger partial charge in [0.1, 0.15) is 0 Å². The fourth-order valence-corrected chi connectivity index (χ4v) is 3.10. The Morgan fingerprint density at radius 1 is 1.59 bits per heavy atom. The predicted molar refractivity (Wildman–Crippen MR) is 74.2 cm³/mol. The molecule has 2 nitrogen and oxygen atoms in total. The zero-order chi connectivity index (χ0) is 12.1. The summed E-state index contributed by atoms with van der Waals surface area (Å²) in [6, 6.07) is 5.43. The van der Waals surface area contributed by atoms with E-state index in [1.807, 2.05) is 11.3 Å².